The van der Waals surface area contributed by atoms with E-state index >= 15 is 0 Å². The van der Waals surface area contributed by atoms with Crippen LogP contribution in [-0.4, -0.2) is 12.9 Å². The predicted molar refractivity (Wildman–Crippen MR) is 57.6 cm³/mol. The maximum Gasteiger partial charge on any atom is 0.0647 e. The largest absolute Gasteiger partial charge is 0.315 e. The minimum Gasteiger partial charge on any atom is -0.315 e. The second-order valence-electron chi connectivity index (χ2n) is 4.50. The summed E-state index contributed by atoms with van der Waals surface area (Å²) in [6, 6.07) is 0. The van der Waals surface area contributed by atoms with Gasteiger partial charge in [0.2, 0.25) is 0 Å². The third-order valence-corrected chi connectivity index (χ3v) is 4.26. The van der Waals surface area contributed by atoms with Crippen molar-refractivity contribution in [1.29, 1.82) is 0 Å². The van der Waals surface area contributed by atoms with Crippen LogP contribution in [0.25, 0.3) is 0 Å². The van der Waals surface area contributed by atoms with Gasteiger partial charge in [0, 0.05) is 6.26 Å². The average molecular weight is 200 g/mol. The molecule has 0 aromatic rings. The fraction of sp³-hybridized carbons (Fsp3) is 1.00. The summed E-state index contributed by atoms with van der Waals surface area (Å²) in [6.45, 7) is 1.01. The molecule has 0 aromatic heterocycles. The van der Waals surface area contributed by atoms with Gasteiger partial charge in [-0.25, -0.2) is 0 Å². The van der Waals surface area contributed by atoms with Gasteiger partial charge in [-0.2, -0.15) is 0 Å². The highest BCUT2D eigenvalue weighted by Gasteiger charge is 2.35. The maximum absolute atomic E-state index is 5.53. The van der Waals surface area contributed by atoms with Crippen molar-refractivity contribution in [3.63, 3.8) is 0 Å². The zero-order chi connectivity index (χ0) is 9.10. The van der Waals surface area contributed by atoms with E-state index in [1.54, 1.807) is 0 Å². The molecule has 0 N–H and O–H groups in total. The van der Waals surface area contributed by atoms with Crippen molar-refractivity contribution in [1.82, 2.24) is 0 Å². The van der Waals surface area contributed by atoms with Crippen LogP contribution in [0.5, 0.6) is 0 Å². The monoisotopic (exact) mass is 200 g/mol. The van der Waals surface area contributed by atoms with Crippen LogP contribution in [0.4, 0.5) is 0 Å². The van der Waals surface area contributed by atoms with Crippen LogP contribution in [0.1, 0.15) is 38.5 Å². The molecule has 0 amide bonds. The van der Waals surface area contributed by atoms with Crippen LogP contribution in [0.2, 0.25) is 0 Å². The van der Waals surface area contributed by atoms with Gasteiger partial charge in [-0.15, -0.1) is 0 Å². The molecule has 1 nitrogen and oxygen atoms in total. The fourth-order valence-corrected chi connectivity index (χ4v) is 2.83. The summed E-state index contributed by atoms with van der Waals surface area (Å²) >= 11 is 1.53. The molecule has 2 fully saturated rings. The van der Waals surface area contributed by atoms with E-state index in [0.29, 0.717) is 0 Å². The third-order valence-electron chi connectivity index (χ3n) is 3.89. The maximum atomic E-state index is 5.53. The van der Waals surface area contributed by atoms with Gasteiger partial charge in [0.05, 0.1) is 6.61 Å². The molecule has 0 spiro atoms. The van der Waals surface area contributed by atoms with Crippen LogP contribution in [-0.2, 0) is 4.18 Å². The SMILES string of the molecule is CSOCC(C1CCC1)C1CCC1. The van der Waals surface area contributed by atoms with Gasteiger partial charge in [0.25, 0.3) is 0 Å². The Bertz CT molecular complexity index is 138. The second kappa shape index (κ2) is 4.70. The van der Waals surface area contributed by atoms with Crippen molar-refractivity contribution < 1.29 is 4.18 Å². The van der Waals surface area contributed by atoms with Crippen LogP contribution in [0.3, 0.4) is 0 Å². The van der Waals surface area contributed by atoms with Crippen molar-refractivity contribution in [2.24, 2.45) is 17.8 Å². The first kappa shape index (κ1) is 9.85. The van der Waals surface area contributed by atoms with E-state index in [0.717, 1.165) is 24.4 Å². The van der Waals surface area contributed by atoms with Gasteiger partial charge in [0.1, 0.15) is 0 Å². The third kappa shape index (κ3) is 2.21. The van der Waals surface area contributed by atoms with Crippen molar-refractivity contribution in [2.75, 3.05) is 12.9 Å². The van der Waals surface area contributed by atoms with E-state index in [2.05, 4.69) is 0 Å². The molecular formula is C11H20OS. The lowest BCUT2D eigenvalue weighted by Gasteiger charge is -2.42. The van der Waals surface area contributed by atoms with E-state index in [9.17, 15) is 0 Å². The molecule has 2 rings (SSSR count). The first-order chi connectivity index (χ1) is 6.42. The molecule has 76 valence electrons. The van der Waals surface area contributed by atoms with Gasteiger partial charge in [-0.05, 0) is 29.8 Å². The lowest BCUT2D eigenvalue weighted by Crippen LogP contribution is -2.34. The van der Waals surface area contributed by atoms with Crippen LogP contribution >= 0.6 is 12.0 Å². The molecule has 0 saturated heterocycles. The first-order valence-electron chi connectivity index (χ1n) is 5.57. The quantitative estimate of drug-likeness (QED) is 0.628. The van der Waals surface area contributed by atoms with E-state index in [1.165, 1.54) is 50.6 Å². The van der Waals surface area contributed by atoms with Gasteiger partial charge in [-0.1, -0.05) is 38.5 Å². The molecule has 0 unspecified atom stereocenters. The molecule has 2 saturated carbocycles. The topological polar surface area (TPSA) is 9.23 Å². The van der Waals surface area contributed by atoms with Crippen molar-refractivity contribution in [3.05, 3.63) is 0 Å². The minimum absolute atomic E-state index is 0.898. The standard InChI is InChI=1S/C11H20OS/c1-13-12-8-11(9-4-2-5-9)10-6-3-7-10/h9-11H,2-8H2,1H3. The molecule has 0 aromatic carbocycles. The van der Waals surface area contributed by atoms with Crippen molar-refractivity contribution >= 4 is 12.0 Å². The summed E-state index contributed by atoms with van der Waals surface area (Å²) in [5.41, 5.74) is 0. The molecule has 13 heavy (non-hydrogen) atoms. The lowest BCUT2D eigenvalue weighted by molar-refractivity contribution is 0.0577. The van der Waals surface area contributed by atoms with Crippen LogP contribution in [0, 0.1) is 17.8 Å². The number of hydrogen-bond acceptors (Lipinski definition) is 2. The van der Waals surface area contributed by atoms with Gasteiger partial charge < -0.3 is 4.18 Å². The van der Waals surface area contributed by atoms with E-state index in [1.807, 2.05) is 6.26 Å². The predicted octanol–water partition coefficient (Wildman–Crippen LogP) is 3.50. The zero-order valence-corrected chi connectivity index (χ0v) is 9.31. The highest BCUT2D eigenvalue weighted by Crippen LogP contribution is 2.44. The summed E-state index contributed by atoms with van der Waals surface area (Å²) in [5, 5.41) is 0. The van der Waals surface area contributed by atoms with E-state index in [-0.39, 0.29) is 0 Å². The van der Waals surface area contributed by atoms with Gasteiger partial charge in [-0.3, -0.25) is 0 Å². The molecule has 2 aliphatic carbocycles. The number of hydrogen-bond donors (Lipinski definition) is 0. The second-order valence-corrected chi connectivity index (χ2v) is 5.07. The van der Waals surface area contributed by atoms with E-state index in [4.69, 9.17) is 4.18 Å². The van der Waals surface area contributed by atoms with Crippen LogP contribution in [0.15, 0.2) is 0 Å². The first-order valence-corrected chi connectivity index (χ1v) is 6.72. The summed E-state index contributed by atoms with van der Waals surface area (Å²) in [7, 11) is 0. The highest BCUT2D eigenvalue weighted by atomic mass is 32.2. The molecule has 2 heteroatoms. The molecule has 2 aliphatic rings. The van der Waals surface area contributed by atoms with Crippen molar-refractivity contribution in [3.8, 4) is 0 Å². The molecule has 0 aliphatic heterocycles. The Morgan fingerprint density at radius 2 is 1.69 bits per heavy atom. The van der Waals surface area contributed by atoms with Gasteiger partial charge in [0.15, 0.2) is 0 Å². The van der Waals surface area contributed by atoms with Crippen molar-refractivity contribution in [2.45, 2.75) is 38.5 Å². The lowest BCUT2D eigenvalue weighted by atomic mass is 9.65. The molecular weight excluding hydrogens is 180 g/mol. The number of rotatable bonds is 5. The molecule has 0 bridgehead atoms. The summed E-state index contributed by atoms with van der Waals surface area (Å²) in [4.78, 5) is 0. The fourth-order valence-electron chi connectivity index (χ4n) is 2.54. The van der Waals surface area contributed by atoms with Crippen LogP contribution < -0.4 is 0 Å². The Hall–Kier alpha value is 0.310. The Kier molecular flexibility index (Phi) is 3.56. The van der Waals surface area contributed by atoms with Gasteiger partial charge >= 0.3 is 0 Å². The summed E-state index contributed by atoms with van der Waals surface area (Å²) in [6.07, 6.45) is 10.8. The Balaban J connectivity index is 1.78. The zero-order valence-electron chi connectivity index (χ0n) is 8.50. The highest BCUT2D eigenvalue weighted by molar-refractivity contribution is 7.93. The average Bonchev–Trinajstić information content (AvgIpc) is 1.93. The molecule has 0 heterocycles. The van der Waals surface area contributed by atoms with E-state index < -0.39 is 0 Å². The Labute approximate surface area is 85.8 Å². The Morgan fingerprint density at radius 1 is 1.15 bits per heavy atom. The smallest absolute Gasteiger partial charge is 0.0647 e. The normalized spacial score (nSPS) is 24.5. The Morgan fingerprint density at radius 3 is 2.00 bits per heavy atom. The molecule has 0 atom stereocenters. The summed E-state index contributed by atoms with van der Waals surface area (Å²) in [5.74, 6) is 2.92. The minimum atomic E-state index is 0.898. The summed E-state index contributed by atoms with van der Waals surface area (Å²) < 4.78 is 5.53. The molecule has 0 radical (unpaired) electrons.